The van der Waals surface area contributed by atoms with Crippen molar-refractivity contribution in [2.75, 3.05) is 5.50 Å². The smallest absolute Gasteiger partial charge is 0.216 e. The summed E-state index contributed by atoms with van der Waals surface area (Å²) >= 11 is 4.93. The fourth-order valence-electron chi connectivity index (χ4n) is 0.0583. The average Bonchev–Trinajstić information content (AvgIpc) is 1.35. The number of hydrogen-bond acceptors (Lipinski definition) is 0. The first-order valence-corrected chi connectivity index (χ1v) is 3.16. The van der Waals surface area contributed by atoms with Gasteiger partial charge in [-0.3, -0.25) is 0 Å². The molecule has 0 rings (SSSR count). The van der Waals surface area contributed by atoms with Gasteiger partial charge in [-0.05, 0) is 0 Å². The average molecular weight is 129 g/mol. The Morgan fingerprint density at radius 3 is 2.17 bits per heavy atom. The van der Waals surface area contributed by atoms with Crippen molar-refractivity contribution in [1.29, 1.82) is 0 Å². The summed E-state index contributed by atoms with van der Waals surface area (Å²) in [7, 11) is -0.397. The molecular formula is C2H3ClF2Si. The summed E-state index contributed by atoms with van der Waals surface area (Å²) in [5.74, 6) is 0. The summed E-state index contributed by atoms with van der Waals surface area (Å²) in [5.41, 5.74) is 0.0810. The Morgan fingerprint density at radius 2 is 2.17 bits per heavy atom. The number of hydrogen-bond donors (Lipinski definition) is 0. The van der Waals surface area contributed by atoms with E-state index in [2.05, 4.69) is 0 Å². The lowest BCUT2D eigenvalue weighted by molar-refractivity contribution is 0.238. The lowest BCUT2D eigenvalue weighted by atomic mass is 11.7. The van der Waals surface area contributed by atoms with Crippen molar-refractivity contribution in [1.82, 2.24) is 0 Å². The lowest BCUT2D eigenvalue weighted by Gasteiger charge is -1.84. The SMILES string of the molecule is FC(F)[Si]CCl. The van der Waals surface area contributed by atoms with E-state index >= 15 is 0 Å². The molecule has 4 heteroatoms. The topological polar surface area (TPSA) is 0 Å². The Labute approximate surface area is 42.3 Å². The normalized spacial score (nSPS) is 10.0. The minimum atomic E-state index is -2.21. The van der Waals surface area contributed by atoms with Gasteiger partial charge in [0.15, 0.2) is 0 Å². The Bertz CT molecular complexity index is 32.7. The third-order valence-corrected chi connectivity index (χ3v) is 1.16. The molecule has 0 spiro atoms. The molecule has 0 nitrogen and oxygen atoms in total. The quantitative estimate of drug-likeness (QED) is 0.386. The summed E-state index contributed by atoms with van der Waals surface area (Å²) in [5, 5.41) is 0. The van der Waals surface area contributed by atoms with E-state index in [-0.39, 0.29) is 5.50 Å². The molecule has 2 radical (unpaired) electrons. The maximum Gasteiger partial charge on any atom is 0.218 e. The molecule has 0 heterocycles. The van der Waals surface area contributed by atoms with Crippen LogP contribution in [0.4, 0.5) is 8.78 Å². The Morgan fingerprint density at radius 1 is 1.67 bits per heavy atom. The predicted octanol–water partition coefficient (Wildman–Crippen LogP) is 1.11. The zero-order valence-corrected chi connectivity index (χ0v) is 4.67. The first kappa shape index (κ1) is 6.37. The fourth-order valence-corrected chi connectivity index (χ4v) is 0.525. The monoisotopic (exact) mass is 128 g/mol. The highest BCUT2D eigenvalue weighted by molar-refractivity contribution is 6.50. The van der Waals surface area contributed by atoms with Crippen molar-refractivity contribution in [3.05, 3.63) is 0 Å². The van der Waals surface area contributed by atoms with Crippen LogP contribution in [0.2, 0.25) is 0 Å². The molecular weight excluding hydrogens is 126 g/mol. The van der Waals surface area contributed by atoms with Crippen molar-refractivity contribution in [2.24, 2.45) is 0 Å². The zero-order valence-electron chi connectivity index (χ0n) is 2.92. The maximum atomic E-state index is 11.0. The second-order valence-electron chi connectivity index (χ2n) is 0.638. The summed E-state index contributed by atoms with van der Waals surface area (Å²) < 4.78 is 21.9. The van der Waals surface area contributed by atoms with Gasteiger partial charge < -0.3 is 0 Å². The van der Waals surface area contributed by atoms with Crippen LogP contribution in [0, 0.1) is 0 Å². The molecule has 0 aliphatic heterocycles. The highest BCUT2D eigenvalue weighted by Gasteiger charge is 1.99. The molecule has 0 aliphatic carbocycles. The molecule has 0 saturated carbocycles. The van der Waals surface area contributed by atoms with Crippen LogP contribution >= 0.6 is 11.6 Å². The lowest BCUT2D eigenvalue weighted by Crippen LogP contribution is -2.04. The van der Waals surface area contributed by atoms with E-state index in [0.29, 0.717) is 0 Å². The van der Waals surface area contributed by atoms with Crippen LogP contribution in [0.15, 0.2) is 0 Å². The van der Waals surface area contributed by atoms with Gasteiger partial charge in [0.25, 0.3) is 0 Å². The van der Waals surface area contributed by atoms with E-state index in [1.165, 1.54) is 0 Å². The van der Waals surface area contributed by atoms with Gasteiger partial charge in [-0.25, -0.2) is 8.78 Å². The van der Waals surface area contributed by atoms with E-state index in [4.69, 9.17) is 11.6 Å². The zero-order chi connectivity index (χ0) is 4.99. The molecule has 0 aliphatic rings. The molecule has 0 aromatic carbocycles. The Balaban J connectivity index is 2.63. The van der Waals surface area contributed by atoms with Gasteiger partial charge in [0, 0.05) is 5.50 Å². The fraction of sp³-hybridized carbons (Fsp3) is 1.00. The third kappa shape index (κ3) is 4.37. The number of alkyl halides is 3. The first-order chi connectivity index (χ1) is 2.77. The maximum absolute atomic E-state index is 11.0. The van der Waals surface area contributed by atoms with Crippen molar-refractivity contribution < 1.29 is 8.78 Å². The van der Waals surface area contributed by atoms with Crippen molar-refractivity contribution >= 4 is 21.1 Å². The minimum Gasteiger partial charge on any atom is -0.216 e. The Kier molecular flexibility index (Phi) is 3.77. The molecule has 0 amide bonds. The highest BCUT2D eigenvalue weighted by atomic mass is 35.5. The van der Waals surface area contributed by atoms with Gasteiger partial charge in [-0.2, -0.15) is 0 Å². The largest absolute Gasteiger partial charge is 0.218 e. The summed E-state index contributed by atoms with van der Waals surface area (Å²) in [6.45, 7) is 0. The van der Waals surface area contributed by atoms with E-state index in [1.807, 2.05) is 0 Å². The van der Waals surface area contributed by atoms with Crippen molar-refractivity contribution in [3.63, 3.8) is 0 Å². The van der Waals surface area contributed by atoms with Gasteiger partial charge in [0.2, 0.25) is 6.05 Å². The second-order valence-corrected chi connectivity index (χ2v) is 2.55. The van der Waals surface area contributed by atoms with Crippen LogP contribution in [0.5, 0.6) is 0 Å². The van der Waals surface area contributed by atoms with Crippen LogP contribution in [0.1, 0.15) is 0 Å². The summed E-state index contributed by atoms with van der Waals surface area (Å²) in [6, 6.07) is -2.21. The van der Waals surface area contributed by atoms with Gasteiger partial charge in [0.05, 0.1) is 0 Å². The van der Waals surface area contributed by atoms with E-state index < -0.39 is 15.6 Å². The number of halogens is 3. The molecule has 6 heavy (non-hydrogen) atoms. The van der Waals surface area contributed by atoms with Crippen LogP contribution in [0.3, 0.4) is 0 Å². The van der Waals surface area contributed by atoms with Gasteiger partial charge in [-0.15, -0.1) is 11.6 Å². The van der Waals surface area contributed by atoms with Gasteiger partial charge in [-0.1, -0.05) is 0 Å². The van der Waals surface area contributed by atoms with Crippen LogP contribution in [-0.4, -0.2) is 21.1 Å². The molecule has 0 fully saturated rings. The van der Waals surface area contributed by atoms with E-state index in [0.717, 1.165) is 0 Å². The molecule has 36 valence electrons. The minimum absolute atomic E-state index is 0.0810. The first-order valence-electron chi connectivity index (χ1n) is 1.35. The molecule has 0 N–H and O–H groups in total. The second kappa shape index (κ2) is 3.55. The highest BCUT2D eigenvalue weighted by Crippen LogP contribution is 1.87. The van der Waals surface area contributed by atoms with Crippen molar-refractivity contribution in [3.8, 4) is 0 Å². The standard InChI is InChI=1S/C2H3ClF2Si/c3-1-6-2(4)5/h2H,1H2. The molecule has 0 aromatic rings. The molecule has 0 unspecified atom stereocenters. The molecule has 0 saturated heterocycles. The van der Waals surface area contributed by atoms with E-state index in [1.54, 1.807) is 0 Å². The summed E-state index contributed by atoms with van der Waals surface area (Å²) in [6.07, 6.45) is 0. The van der Waals surface area contributed by atoms with Crippen LogP contribution in [-0.2, 0) is 0 Å². The molecule has 0 atom stereocenters. The van der Waals surface area contributed by atoms with Gasteiger partial charge in [0.1, 0.15) is 9.52 Å². The molecule has 0 aromatic heterocycles. The third-order valence-electron chi connectivity index (χ3n) is 0.231. The van der Waals surface area contributed by atoms with Gasteiger partial charge >= 0.3 is 0 Å². The van der Waals surface area contributed by atoms with Crippen molar-refractivity contribution in [2.45, 2.75) is 6.05 Å². The predicted molar refractivity (Wildman–Crippen MR) is 22.5 cm³/mol. The Hall–Kier alpha value is 0.367. The summed E-state index contributed by atoms with van der Waals surface area (Å²) in [4.78, 5) is 0. The van der Waals surface area contributed by atoms with E-state index in [9.17, 15) is 8.78 Å². The molecule has 0 bridgehead atoms. The number of rotatable bonds is 2. The van der Waals surface area contributed by atoms with Crippen LogP contribution in [0.25, 0.3) is 0 Å². The van der Waals surface area contributed by atoms with Crippen LogP contribution < -0.4 is 0 Å².